The van der Waals surface area contributed by atoms with Gasteiger partial charge in [-0.2, -0.15) is 0 Å². The normalized spacial score (nSPS) is 14.4. The number of hydrogen-bond donors (Lipinski definition) is 1. The van der Waals surface area contributed by atoms with E-state index in [1.54, 1.807) is 0 Å². The number of aromatic nitrogens is 1. The Labute approximate surface area is 157 Å². The molecule has 0 radical (unpaired) electrons. The molecule has 1 aromatic heterocycles. The number of hydrogen-bond acceptors (Lipinski definition) is 3. The molecule has 5 nitrogen and oxygen atoms in total. The maximum atomic E-state index is 12.4. The Bertz CT molecular complexity index is 1000. The van der Waals surface area contributed by atoms with Crippen molar-refractivity contribution in [3.8, 4) is 11.1 Å². The van der Waals surface area contributed by atoms with Gasteiger partial charge in [0.1, 0.15) is 0 Å². The largest absolute Gasteiger partial charge is 0.378 e. The number of pyridine rings is 1. The number of aromatic amines is 1. The summed E-state index contributed by atoms with van der Waals surface area (Å²) in [5.74, 6) is 0.171. The Morgan fingerprint density at radius 3 is 2.59 bits per heavy atom. The molecule has 2 aromatic carbocycles. The Morgan fingerprint density at radius 1 is 1.04 bits per heavy atom. The molecule has 138 valence electrons. The molecule has 0 spiro atoms. The number of rotatable bonds is 4. The number of H-pyrrole nitrogens is 1. The van der Waals surface area contributed by atoms with Crippen LogP contribution in [0.5, 0.6) is 0 Å². The molecule has 1 aliphatic rings. The minimum absolute atomic E-state index is 0.0936. The van der Waals surface area contributed by atoms with Crippen molar-refractivity contribution < 1.29 is 9.53 Å². The molecule has 4 rings (SSSR count). The third-order valence-corrected chi connectivity index (χ3v) is 4.98. The molecule has 27 heavy (non-hydrogen) atoms. The van der Waals surface area contributed by atoms with Gasteiger partial charge in [-0.25, -0.2) is 0 Å². The minimum Gasteiger partial charge on any atom is -0.378 e. The van der Waals surface area contributed by atoms with Crippen molar-refractivity contribution >= 4 is 16.8 Å². The van der Waals surface area contributed by atoms with Gasteiger partial charge in [-0.1, -0.05) is 36.4 Å². The molecule has 5 heteroatoms. The van der Waals surface area contributed by atoms with Gasteiger partial charge in [0, 0.05) is 30.6 Å². The monoisotopic (exact) mass is 362 g/mol. The lowest BCUT2D eigenvalue weighted by atomic mass is 10.0. The van der Waals surface area contributed by atoms with Crippen molar-refractivity contribution in [3.63, 3.8) is 0 Å². The Morgan fingerprint density at radius 2 is 1.81 bits per heavy atom. The molecule has 0 aliphatic carbocycles. The molecular formula is C22H22N2O3. The Kier molecular flexibility index (Phi) is 5.03. The molecule has 1 N–H and O–H groups in total. The lowest BCUT2D eigenvalue weighted by molar-refractivity contribution is -0.135. The molecular weight excluding hydrogens is 340 g/mol. The number of nitrogens with one attached hydrogen (secondary N) is 1. The highest BCUT2D eigenvalue weighted by molar-refractivity contribution is 5.84. The molecule has 1 aliphatic heterocycles. The Balaban J connectivity index is 1.55. The summed E-state index contributed by atoms with van der Waals surface area (Å²) in [6.45, 7) is 2.60. The van der Waals surface area contributed by atoms with Crippen LogP contribution in [-0.2, 0) is 16.0 Å². The van der Waals surface area contributed by atoms with Crippen LogP contribution in [0.15, 0.2) is 59.4 Å². The predicted molar refractivity (Wildman–Crippen MR) is 106 cm³/mol. The van der Waals surface area contributed by atoms with Crippen molar-refractivity contribution in [1.29, 1.82) is 0 Å². The third kappa shape index (κ3) is 3.93. The van der Waals surface area contributed by atoms with Crippen LogP contribution in [-0.4, -0.2) is 42.1 Å². The molecule has 1 saturated heterocycles. The zero-order valence-corrected chi connectivity index (χ0v) is 15.1. The minimum atomic E-state index is -0.0936. The lowest BCUT2D eigenvalue weighted by Gasteiger charge is -2.26. The van der Waals surface area contributed by atoms with Crippen molar-refractivity contribution in [1.82, 2.24) is 9.88 Å². The van der Waals surface area contributed by atoms with Crippen LogP contribution in [0, 0.1) is 0 Å². The SMILES string of the molecule is O=C(CCc1ccc2[nH]c(=O)c(-c3ccccc3)cc2c1)N1CCOCC1. The number of fused-ring (bicyclic) bond motifs is 1. The number of benzene rings is 2. The number of carbonyl (C=O) groups is 1. The lowest BCUT2D eigenvalue weighted by Crippen LogP contribution is -2.40. The third-order valence-electron chi connectivity index (χ3n) is 4.98. The molecule has 0 bridgehead atoms. The van der Waals surface area contributed by atoms with E-state index in [-0.39, 0.29) is 11.5 Å². The van der Waals surface area contributed by atoms with Crippen molar-refractivity contribution in [2.45, 2.75) is 12.8 Å². The van der Waals surface area contributed by atoms with E-state index < -0.39 is 0 Å². The molecule has 1 fully saturated rings. The van der Waals surface area contributed by atoms with E-state index in [2.05, 4.69) is 11.1 Å². The van der Waals surface area contributed by atoms with Gasteiger partial charge >= 0.3 is 0 Å². The predicted octanol–water partition coefficient (Wildman–Crippen LogP) is 2.99. The van der Waals surface area contributed by atoms with Gasteiger partial charge in [0.15, 0.2) is 0 Å². The van der Waals surface area contributed by atoms with Gasteiger partial charge in [0.05, 0.1) is 13.2 Å². The zero-order valence-electron chi connectivity index (χ0n) is 15.1. The van der Waals surface area contributed by atoms with Crippen LogP contribution in [0.2, 0.25) is 0 Å². The number of ether oxygens (including phenoxy) is 1. The first-order valence-corrected chi connectivity index (χ1v) is 9.27. The fraction of sp³-hybridized carbons (Fsp3) is 0.273. The maximum Gasteiger partial charge on any atom is 0.256 e. The second-order valence-corrected chi connectivity index (χ2v) is 6.79. The highest BCUT2D eigenvalue weighted by Crippen LogP contribution is 2.21. The van der Waals surface area contributed by atoms with Crippen LogP contribution in [0.25, 0.3) is 22.0 Å². The number of morpholine rings is 1. The molecule has 0 unspecified atom stereocenters. The van der Waals surface area contributed by atoms with E-state index in [0.717, 1.165) is 22.0 Å². The first kappa shape index (κ1) is 17.5. The van der Waals surface area contributed by atoms with E-state index in [1.807, 2.05) is 53.4 Å². The standard InChI is InChI=1S/C22H22N2O3/c25-21(24-10-12-27-13-11-24)9-7-16-6-8-20-18(14-16)15-19(22(26)23-20)17-4-2-1-3-5-17/h1-6,8,14-15H,7,9-13H2,(H,23,26). The molecule has 2 heterocycles. The first-order valence-electron chi connectivity index (χ1n) is 9.27. The second kappa shape index (κ2) is 7.76. The summed E-state index contributed by atoms with van der Waals surface area (Å²) in [5.41, 5.74) is 3.36. The molecule has 0 atom stereocenters. The Hall–Kier alpha value is -2.92. The summed E-state index contributed by atoms with van der Waals surface area (Å²) in [6.07, 6.45) is 1.17. The van der Waals surface area contributed by atoms with Gasteiger partial charge in [-0.15, -0.1) is 0 Å². The van der Waals surface area contributed by atoms with Gasteiger partial charge < -0.3 is 14.6 Å². The molecule has 3 aromatic rings. The summed E-state index contributed by atoms with van der Waals surface area (Å²) >= 11 is 0. The van der Waals surface area contributed by atoms with E-state index >= 15 is 0 Å². The summed E-state index contributed by atoms with van der Waals surface area (Å²) in [7, 11) is 0. The number of aryl methyl sites for hydroxylation is 1. The summed E-state index contributed by atoms with van der Waals surface area (Å²) in [5, 5.41) is 0.977. The fourth-order valence-corrected chi connectivity index (χ4v) is 3.47. The van der Waals surface area contributed by atoms with Crippen molar-refractivity contribution in [3.05, 3.63) is 70.5 Å². The first-order chi connectivity index (χ1) is 13.2. The summed E-state index contributed by atoms with van der Waals surface area (Å²) in [4.78, 5) is 29.6. The van der Waals surface area contributed by atoms with E-state index in [4.69, 9.17) is 4.74 Å². The van der Waals surface area contributed by atoms with Crippen molar-refractivity contribution in [2.75, 3.05) is 26.3 Å². The number of amides is 1. The van der Waals surface area contributed by atoms with Gasteiger partial charge in [-0.3, -0.25) is 9.59 Å². The van der Waals surface area contributed by atoms with Crippen molar-refractivity contribution in [2.24, 2.45) is 0 Å². The molecule has 0 saturated carbocycles. The van der Waals surface area contributed by atoms with Crippen LogP contribution >= 0.6 is 0 Å². The number of nitrogens with zero attached hydrogens (tertiary/aromatic N) is 1. The van der Waals surface area contributed by atoms with Gasteiger partial charge in [-0.05, 0) is 41.1 Å². The fourth-order valence-electron chi connectivity index (χ4n) is 3.47. The van der Waals surface area contributed by atoms with Crippen LogP contribution < -0.4 is 5.56 Å². The van der Waals surface area contributed by atoms with E-state index in [9.17, 15) is 9.59 Å². The smallest absolute Gasteiger partial charge is 0.256 e. The summed E-state index contributed by atoms with van der Waals surface area (Å²) < 4.78 is 5.30. The highest BCUT2D eigenvalue weighted by atomic mass is 16.5. The van der Waals surface area contributed by atoms with Gasteiger partial charge in [0.2, 0.25) is 5.91 Å². The van der Waals surface area contributed by atoms with Gasteiger partial charge in [0.25, 0.3) is 5.56 Å². The zero-order chi connectivity index (χ0) is 18.6. The average molecular weight is 362 g/mol. The maximum absolute atomic E-state index is 12.4. The van der Waals surface area contributed by atoms with E-state index in [1.165, 1.54) is 0 Å². The van der Waals surface area contributed by atoms with E-state index in [0.29, 0.717) is 44.7 Å². The van der Waals surface area contributed by atoms with Crippen LogP contribution in [0.3, 0.4) is 0 Å². The summed E-state index contributed by atoms with van der Waals surface area (Å²) in [6, 6.07) is 17.5. The van der Waals surface area contributed by atoms with Crippen LogP contribution in [0.4, 0.5) is 0 Å². The topological polar surface area (TPSA) is 62.4 Å². The van der Waals surface area contributed by atoms with Crippen LogP contribution in [0.1, 0.15) is 12.0 Å². The second-order valence-electron chi connectivity index (χ2n) is 6.79. The highest BCUT2D eigenvalue weighted by Gasteiger charge is 2.16. The molecule has 1 amide bonds. The average Bonchev–Trinajstić information content (AvgIpc) is 2.73. The quantitative estimate of drug-likeness (QED) is 0.776. The number of carbonyl (C=O) groups excluding carboxylic acids is 1.